The molecular weight excluding hydrogens is 190 g/mol. The van der Waals surface area contributed by atoms with E-state index in [2.05, 4.69) is 4.98 Å². The van der Waals surface area contributed by atoms with Crippen LogP contribution in [0.2, 0.25) is 0 Å². The molecule has 3 N–H and O–H groups in total. The van der Waals surface area contributed by atoms with Crippen LogP contribution < -0.4 is 10.6 Å². The molecule has 0 amide bonds. The molecular formula is C11H19N3O. The summed E-state index contributed by atoms with van der Waals surface area (Å²) >= 11 is 0. The molecule has 1 atom stereocenters. The molecule has 0 saturated carbocycles. The fraction of sp³-hybridized carbons (Fsp3) is 0.545. The van der Waals surface area contributed by atoms with E-state index in [1.54, 1.807) is 6.20 Å². The number of aromatic nitrogens is 1. The Morgan fingerprint density at radius 3 is 2.67 bits per heavy atom. The quantitative estimate of drug-likeness (QED) is 0.751. The molecule has 0 saturated heterocycles. The molecule has 1 unspecified atom stereocenters. The van der Waals surface area contributed by atoms with Crippen LogP contribution in [-0.4, -0.2) is 37.3 Å². The average Bonchev–Trinajstić information content (AvgIpc) is 2.28. The lowest BCUT2D eigenvalue weighted by molar-refractivity contribution is 0.210. The summed E-state index contributed by atoms with van der Waals surface area (Å²) in [7, 11) is 3.86. The van der Waals surface area contributed by atoms with Gasteiger partial charge in [-0.05, 0) is 6.07 Å². The number of aliphatic hydroxyl groups excluding tert-OH is 1. The minimum atomic E-state index is -0.423. The molecule has 4 nitrogen and oxygen atoms in total. The minimum absolute atomic E-state index is 0.0238. The second-order valence-corrected chi connectivity index (χ2v) is 4.19. The topological polar surface area (TPSA) is 62.4 Å². The predicted molar refractivity (Wildman–Crippen MR) is 62.1 cm³/mol. The van der Waals surface area contributed by atoms with Crippen molar-refractivity contribution >= 4 is 5.82 Å². The lowest BCUT2D eigenvalue weighted by atomic mass is 9.83. The Kier molecular flexibility index (Phi) is 3.66. The van der Waals surface area contributed by atoms with Crippen LogP contribution >= 0.6 is 0 Å². The predicted octanol–water partition coefficient (Wildman–Crippen LogP) is 0.356. The summed E-state index contributed by atoms with van der Waals surface area (Å²) in [6.07, 6.45) is 1.74. The van der Waals surface area contributed by atoms with Crippen molar-refractivity contribution in [1.82, 2.24) is 4.98 Å². The molecule has 0 spiro atoms. The van der Waals surface area contributed by atoms with Crippen LogP contribution in [0.15, 0.2) is 18.3 Å². The monoisotopic (exact) mass is 209 g/mol. The van der Waals surface area contributed by atoms with Crippen molar-refractivity contribution in [3.8, 4) is 0 Å². The maximum absolute atomic E-state index is 9.42. The Morgan fingerprint density at radius 2 is 2.20 bits per heavy atom. The van der Waals surface area contributed by atoms with E-state index in [4.69, 9.17) is 5.73 Å². The molecule has 0 aliphatic heterocycles. The molecule has 0 aromatic carbocycles. The van der Waals surface area contributed by atoms with Gasteiger partial charge in [-0.15, -0.1) is 0 Å². The number of rotatable bonds is 4. The minimum Gasteiger partial charge on any atom is -0.395 e. The first-order valence-corrected chi connectivity index (χ1v) is 4.99. The summed E-state index contributed by atoms with van der Waals surface area (Å²) in [6.45, 7) is 2.36. The Balaban J connectivity index is 3.23. The van der Waals surface area contributed by atoms with E-state index in [9.17, 15) is 5.11 Å². The summed E-state index contributed by atoms with van der Waals surface area (Å²) < 4.78 is 0. The Labute approximate surface area is 90.7 Å². The Morgan fingerprint density at radius 1 is 1.53 bits per heavy atom. The van der Waals surface area contributed by atoms with Gasteiger partial charge in [0, 0.05) is 37.8 Å². The van der Waals surface area contributed by atoms with E-state index in [1.165, 1.54) is 0 Å². The summed E-state index contributed by atoms with van der Waals surface area (Å²) in [5.74, 6) is 0.861. The van der Waals surface area contributed by atoms with Gasteiger partial charge in [-0.25, -0.2) is 4.98 Å². The van der Waals surface area contributed by atoms with Crippen molar-refractivity contribution in [2.45, 2.75) is 12.3 Å². The summed E-state index contributed by atoms with van der Waals surface area (Å²) in [5.41, 5.74) is 6.28. The molecule has 1 heterocycles. The van der Waals surface area contributed by atoms with Gasteiger partial charge in [-0.1, -0.05) is 13.0 Å². The van der Waals surface area contributed by atoms with E-state index >= 15 is 0 Å². The first-order valence-electron chi connectivity index (χ1n) is 4.99. The van der Waals surface area contributed by atoms with Gasteiger partial charge in [0.05, 0.1) is 6.61 Å². The maximum Gasteiger partial charge on any atom is 0.131 e. The fourth-order valence-electron chi connectivity index (χ4n) is 1.48. The third kappa shape index (κ3) is 2.27. The van der Waals surface area contributed by atoms with E-state index in [-0.39, 0.29) is 6.61 Å². The van der Waals surface area contributed by atoms with Crippen molar-refractivity contribution in [1.29, 1.82) is 0 Å². The van der Waals surface area contributed by atoms with Crippen LogP contribution in [0.3, 0.4) is 0 Å². The van der Waals surface area contributed by atoms with Gasteiger partial charge in [0.25, 0.3) is 0 Å². The molecule has 0 bridgehead atoms. The molecule has 0 aliphatic carbocycles. The second-order valence-electron chi connectivity index (χ2n) is 4.19. The number of aliphatic hydroxyl groups is 1. The molecule has 15 heavy (non-hydrogen) atoms. The highest BCUT2D eigenvalue weighted by molar-refractivity contribution is 5.49. The lowest BCUT2D eigenvalue weighted by Crippen LogP contribution is -2.37. The highest BCUT2D eigenvalue weighted by atomic mass is 16.3. The number of nitrogens with zero attached hydrogens (tertiary/aromatic N) is 2. The van der Waals surface area contributed by atoms with Gasteiger partial charge in [0.2, 0.25) is 0 Å². The van der Waals surface area contributed by atoms with Crippen LogP contribution in [0.5, 0.6) is 0 Å². The standard InChI is InChI=1S/C11H19N3O/c1-11(7-12,8-15)9-5-4-6-13-10(9)14(2)3/h4-6,15H,7-8,12H2,1-3H3. The first kappa shape index (κ1) is 11.9. The summed E-state index contributed by atoms with van der Waals surface area (Å²) in [5, 5.41) is 9.42. The van der Waals surface area contributed by atoms with Gasteiger partial charge in [0.15, 0.2) is 0 Å². The second kappa shape index (κ2) is 4.59. The molecule has 0 radical (unpaired) electrons. The normalized spacial score (nSPS) is 14.7. The highest BCUT2D eigenvalue weighted by Gasteiger charge is 2.27. The van der Waals surface area contributed by atoms with Crippen molar-refractivity contribution in [3.05, 3.63) is 23.9 Å². The van der Waals surface area contributed by atoms with Crippen LogP contribution in [0.1, 0.15) is 12.5 Å². The molecule has 1 rings (SSSR count). The SMILES string of the molecule is CN(C)c1ncccc1C(C)(CN)CO. The van der Waals surface area contributed by atoms with Crippen LogP contribution in [0.4, 0.5) is 5.82 Å². The number of pyridine rings is 1. The van der Waals surface area contributed by atoms with Crippen molar-refractivity contribution in [2.24, 2.45) is 5.73 Å². The summed E-state index contributed by atoms with van der Waals surface area (Å²) in [6, 6.07) is 3.83. The molecule has 0 fully saturated rings. The molecule has 4 heteroatoms. The third-order valence-corrected chi connectivity index (χ3v) is 2.66. The number of nitrogens with two attached hydrogens (primary N) is 1. The Hall–Kier alpha value is -1.13. The molecule has 1 aromatic rings. The summed E-state index contributed by atoms with van der Waals surface area (Å²) in [4.78, 5) is 6.23. The maximum atomic E-state index is 9.42. The molecule has 0 aliphatic rings. The zero-order chi connectivity index (χ0) is 11.5. The van der Waals surface area contributed by atoms with Crippen LogP contribution in [0, 0.1) is 0 Å². The van der Waals surface area contributed by atoms with Crippen molar-refractivity contribution in [3.63, 3.8) is 0 Å². The van der Waals surface area contributed by atoms with Crippen LogP contribution in [0.25, 0.3) is 0 Å². The van der Waals surface area contributed by atoms with Gasteiger partial charge in [0.1, 0.15) is 5.82 Å². The first-order chi connectivity index (χ1) is 7.05. The average molecular weight is 209 g/mol. The van der Waals surface area contributed by atoms with E-state index < -0.39 is 5.41 Å². The van der Waals surface area contributed by atoms with Gasteiger partial charge >= 0.3 is 0 Å². The van der Waals surface area contributed by atoms with E-state index in [0.29, 0.717) is 6.54 Å². The van der Waals surface area contributed by atoms with Gasteiger partial charge < -0.3 is 15.7 Å². The van der Waals surface area contributed by atoms with Crippen molar-refractivity contribution < 1.29 is 5.11 Å². The van der Waals surface area contributed by atoms with Crippen LogP contribution in [-0.2, 0) is 5.41 Å². The zero-order valence-electron chi connectivity index (χ0n) is 9.57. The van der Waals surface area contributed by atoms with Gasteiger partial charge in [-0.2, -0.15) is 0 Å². The number of hydrogen-bond acceptors (Lipinski definition) is 4. The highest BCUT2D eigenvalue weighted by Crippen LogP contribution is 2.28. The third-order valence-electron chi connectivity index (χ3n) is 2.66. The van der Waals surface area contributed by atoms with E-state index in [1.807, 2.05) is 38.1 Å². The van der Waals surface area contributed by atoms with Gasteiger partial charge in [-0.3, -0.25) is 0 Å². The fourth-order valence-corrected chi connectivity index (χ4v) is 1.48. The lowest BCUT2D eigenvalue weighted by Gasteiger charge is -2.29. The molecule has 84 valence electrons. The molecule has 1 aromatic heterocycles. The largest absolute Gasteiger partial charge is 0.395 e. The zero-order valence-corrected chi connectivity index (χ0v) is 9.57. The van der Waals surface area contributed by atoms with Crippen molar-refractivity contribution in [2.75, 3.05) is 32.1 Å². The Bertz CT molecular complexity index is 321. The number of anilines is 1. The van der Waals surface area contributed by atoms with E-state index in [0.717, 1.165) is 11.4 Å². The number of hydrogen-bond donors (Lipinski definition) is 2. The smallest absolute Gasteiger partial charge is 0.131 e.